The molecule has 1 aromatic heterocycles. The lowest BCUT2D eigenvalue weighted by atomic mass is 10.2. The molecule has 9 heteroatoms. The number of nitrogens with zero attached hydrogens (tertiary/aromatic N) is 1. The van der Waals surface area contributed by atoms with Gasteiger partial charge in [-0.25, -0.2) is 13.4 Å². The summed E-state index contributed by atoms with van der Waals surface area (Å²) < 4.78 is 32.0. The van der Waals surface area contributed by atoms with Gasteiger partial charge in [0.05, 0.1) is 17.8 Å². The van der Waals surface area contributed by atoms with Crippen LogP contribution in [0.1, 0.15) is 12.6 Å². The first-order valence-corrected chi connectivity index (χ1v) is 8.36. The van der Waals surface area contributed by atoms with Gasteiger partial charge in [0.15, 0.2) is 0 Å². The SMILES string of the molecule is CCOc1ccc(S(=O)(=O)N[C@H](Cc2cnc[nH]2)C(=O)O)cc1. The number of aromatic amines is 1. The van der Waals surface area contributed by atoms with E-state index in [9.17, 15) is 18.3 Å². The summed E-state index contributed by atoms with van der Waals surface area (Å²) in [5.41, 5.74) is 0.520. The van der Waals surface area contributed by atoms with Crippen molar-refractivity contribution in [3.63, 3.8) is 0 Å². The van der Waals surface area contributed by atoms with Crippen molar-refractivity contribution >= 4 is 16.0 Å². The largest absolute Gasteiger partial charge is 0.494 e. The molecule has 0 saturated carbocycles. The molecule has 0 aliphatic heterocycles. The molecule has 23 heavy (non-hydrogen) atoms. The fourth-order valence-electron chi connectivity index (χ4n) is 1.93. The highest BCUT2D eigenvalue weighted by molar-refractivity contribution is 7.89. The van der Waals surface area contributed by atoms with Gasteiger partial charge in [-0.2, -0.15) is 4.72 Å². The third-order valence-corrected chi connectivity index (χ3v) is 4.51. The Bertz CT molecular complexity index is 741. The zero-order chi connectivity index (χ0) is 16.9. The lowest BCUT2D eigenvalue weighted by molar-refractivity contribution is -0.138. The van der Waals surface area contributed by atoms with Crippen LogP contribution < -0.4 is 9.46 Å². The highest BCUT2D eigenvalue weighted by Crippen LogP contribution is 2.16. The van der Waals surface area contributed by atoms with Crippen molar-refractivity contribution in [1.82, 2.24) is 14.7 Å². The van der Waals surface area contributed by atoms with E-state index in [-0.39, 0.29) is 11.3 Å². The van der Waals surface area contributed by atoms with Crippen LogP contribution in [0.2, 0.25) is 0 Å². The minimum atomic E-state index is -3.96. The second-order valence-electron chi connectivity index (χ2n) is 4.70. The van der Waals surface area contributed by atoms with Crippen LogP contribution in [0.15, 0.2) is 41.7 Å². The number of carboxylic acids is 1. The maximum absolute atomic E-state index is 12.3. The first kappa shape index (κ1) is 17.0. The molecule has 0 saturated heterocycles. The Hall–Kier alpha value is -2.39. The average Bonchev–Trinajstić information content (AvgIpc) is 3.00. The van der Waals surface area contributed by atoms with Crippen LogP contribution in [0.5, 0.6) is 5.75 Å². The number of rotatable bonds is 8. The van der Waals surface area contributed by atoms with Crippen LogP contribution in [0.25, 0.3) is 0 Å². The lowest BCUT2D eigenvalue weighted by Gasteiger charge is -2.14. The van der Waals surface area contributed by atoms with E-state index in [2.05, 4.69) is 14.7 Å². The molecule has 0 unspecified atom stereocenters. The molecule has 0 aliphatic carbocycles. The monoisotopic (exact) mass is 339 g/mol. The number of aliphatic carboxylic acids is 1. The summed E-state index contributed by atoms with van der Waals surface area (Å²) in [6.45, 7) is 2.29. The Balaban J connectivity index is 2.15. The first-order valence-electron chi connectivity index (χ1n) is 6.87. The highest BCUT2D eigenvalue weighted by Gasteiger charge is 2.26. The van der Waals surface area contributed by atoms with Crippen LogP contribution in [0.4, 0.5) is 0 Å². The summed E-state index contributed by atoms with van der Waals surface area (Å²) in [7, 11) is -3.96. The number of hydrogen-bond acceptors (Lipinski definition) is 5. The molecular formula is C14H17N3O5S. The molecule has 1 aromatic carbocycles. The van der Waals surface area contributed by atoms with E-state index < -0.39 is 22.0 Å². The van der Waals surface area contributed by atoms with Gasteiger partial charge < -0.3 is 14.8 Å². The van der Waals surface area contributed by atoms with Crippen LogP contribution in [-0.2, 0) is 21.2 Å². The molecule has 0 amide bonds. The summed E-state index contributed by atoms with van der Waals surface area (Å²) in [6.07, 6.45) is 2.81. The topological polar surface area (TPSA) is 121 Å². The maximum atomic E-state index is 12.3. The number of H-pyrrole nitrogens is 1. The maximum Gasteiger partial charge on any atom is 0.322 e. The number of sulfonamides is 1. The summed E-state index contributed by atoms with van der Waals surface area (Å²) >= 11 is 0. The van der Waals surface area contributed by atoms with Crippen LogP contribution in [0.3, 0.4) is 0 Å². The molecule has 2 aromatic rings. The summed E-state index contributed by atoms with van der Waals surface area (Å²) in [5.74, 6) is -0.729. The van der Waals surface area contributed by atoms with Gasteiger partial charge in [-0.3, -0.25) is 4.79 Å². The van der Waals surface area contributed by atoms with E-state index in [4.69, 9.17) is 4.74 Å². The van der Waals surface area contributed by atoms with Gasteiger partial charge in [-0.1, -0.05) is 0 Å². The summed E-state index contributed by atoms with van der Waals surface area (Å²) in [6, 6.07) is 4.46. The van der Waals surface area contributed by atoms with Crippen molar-refractivity contribution in [2.75, 3.05) is 6.61 Å². The van der Waals surface area contributed by atoms with Crippen molar-refractivity contribution in [3.05, 3.63) is 42.5 Å². The number of ether oxygens (including phenoxy) is 1. The minimum absolute atomic E-state index is 0.0307. The van der Waals surface area contributed by atoms with Gasteiger partial charge in [0.25, 0.3) is 0 Å². The Morgan fingerprint density at radius 1 is 1.39 bits per heavy atom. The molecule has 2 rings (SSSR count). The van der Waals surface area contributed by atoms with Gasteiger partial charge in [-0.05, 0) is 31.2 Å². The van der Waals surface area contributed by atoms with Crippen LogP contribution >= 0.6 is 0 Å². The Kier molecular flexibility index (Phi) is 5.35. The van der Waals surface area contributed by atoms with Crippen molar-refractivity contribution in [3.8, 4) is 5.75 Å². The summed E-state index contributed by atoms with van der Waals surface area (Å²) in [5, 5.41) is 9.22. The molecular weight excluding hydrogens is 322 g/mol. The molecule has 0 radical (unpaired) electrons. The van der Waals surface area contributed by atoms with E-state index in [1.807, 2.05) is 6.92 Å². The van der Waals surface area contributed by atoms with Crippen molar-refractivity contribution < 1.29 is 23.1 Å². The number of benzene rings is 1. The van der Waals surface area contributed by atoms with Gasteiger partial charge in [-0.15, -0.1) is 0 Å². The first-order chi connectivity index (χ1) is 10.9. The molecule has 3 N–H and O–H groups in total. The predicted octanol–water partition coefficient (Wildman–Crippen LogP) is 0.783. The van der Waals surface area contributed by atoms with Crippen molar-refractivity contribution in [2.45, 2.75) is 24.3 Å². The van der Waals surface area contributed by atoms with E-state index in [0.29, 0.717) is 18.1 Å². The fraction of sp³-hybridized carbons (Fsp3) is 0.286. The smallest absolute Gasteiger partial charge is 0.322 e. The molecule has 0 bridgehead atoms. The van der Waals surface area contributed by atoms with E-state index in [0.717, 1.165) is 0 Å². The fourth-order valence-corrected chi connectivity index (χ4v) is 3.12. The Labute approximate surface area is 133 Å². The second kappa shape index (κ2) is 7.25. The van der Waals surface area contributed by atoms with Gasteiger partial charge >= 0.3 is 5.97 Å². The third kappa shape index (κ3) is 4.54. The van der Waals surface area contributed by atoms with E-state index >= 15 is 0 Å². The highest BCUT2D eigenvalue weighted by atomic mass is 32.2. The predicted molar refractivity (Wildman–Crippen MR) is 81.6 cm³/mol. The molecule has 1 atom stereocenters. The lowest BCUT2D eigenvalue weighted by Crippen LogP contribution is -2.42. The number of carbonyl (C=O) groups is 1. The Morgan fingerprint density at radius 2 is 2.09 bits per heavy atom. The number of carboxylic acid groups (broad SMARTS) is 1. The second-order valence-corrected chi connectivity index (χ2v) is 6.41. The Morgan fingerprint density at radius 3 is 2.61 bits per heavy atom. The normalized spacial score (nSPS) is 12.7. The van der Waals surface area contributed by atoms with Gasteiger partial charge in [0.1, 0.15) is 11.8 Å². The molecule has 0 aliphatic rings. The van der Waals surface area contributed by atoms with E-state index in [1.54, 1.807) is 0 Å². The zero-order valence-electron chi connectivity index (χ0n) is 12.4. The average molecular weight is 339 g/mol. The summed E-state index contributed by atoms with van der Waals surface area (Å²) in [4.78, 5) is 17.8. The number of hydrogen-bond donors (Lipinski definition) is 3. The third-order valence-electron chi connectivity index (χ3n) is 3.02. The van der Waals surface area contributed by atoms with Crippen molar-refractivity contribution in [2.24, 2.45) is 0 Å². The molecule has 8 nitrogen and oxygen atoms in total. The number of imidazole rings is 1. The van der Waals surface area contributed by atoms with Crippen LogP contribution in [-0.4, -0.2) is 42.1 Å². The van der Waals surface area contributed by atoms with Gasteiger partial charge in [0.2, 0.25) is 10.0 Å². The quantitative estimate of drug-likeness (QED) is 0.653. The van der Waals surface area contributed by atoms with Crippen LogP contribution in [0, 0.1) is 0 Å². The zero-order valence-corrected chi connectivity index (χ0v) is 13.2. The molecule has 1 heterocycles. The van der Waals surface area contributed by atoms with Crippen molar-refractivity contribution in [1.29, 1.82) is 0 Å². The molecule has 124 valence electrons. The molecule has 0 fully saturated rings. The number of aromatic nitrogens is 2. The number of nitrogens with one attached hydrogen (secondary N) is 2. The minimum Gasteiger partial charge on any atom is -0.494 e. The van der Waals surface area contributed by atoms with Gasteiger partial charge in [0, 0.05) is 18.3 Å². The molecule has 0 spiro atoms. The van der Waals surface area contributed by atoms with E-state index in [1.165, 1.54) is 36.8 Å². The standard InChI is InChI=1S/C14H17N3O5S/c1-2-22-11-3-5-12(6-4-11)23(20,21)17-13(14(18)19)7-10-8-15-9-16-10/h3-6,8-9,13,17H,2,7H2,1H3,(H,15,16)(H,18,19)/t13-/m1/s1.